The Morgan fingerprint density at radius 1 is 0.239 bits per heavy atom. The van der Waals surface area contributed by atoms with Gasteiger partial charge in [0.1, 0.15) is 5.57 Å². The van der Waals surface area contributed by atoms with Gasteiger partial charge in [-0.15, -0.1) is 0 Å². The number of hydrogen-bond acceptors (Lipinski definition) is 0. The van der Waals surface area contributed by atoms with E-state index in [0.717, 1.165) is 85.9 Å². The van der Waals surface area contributed by atoms with Gasteiger partial charge in [-0.05, 0) is 80.3 Å². The predicted octanol–water partition coefficient (Wildman–Crippen LogP) is 38.1. The Balaban J connectivity index is 0.00000171. The van der Waals surface area contributed by atoms with Crippen LogP contribution >= 0.6 is 0 Å². The molecule has 0 N–H and O–H groups in total. The summed E-state index contributed by atoms with van der Waals surface area (Å²) in [5.74, 6) is 7.20. The Labute approximate surface area is 700 Å². The molecule has 1 aliphatic heterocycles. The van der Waals surface area contributed by atoms with Gasteiger partial charge in [-0.2, -0.15) is 12.8 Å². The maximum Gasteiger partial charge on any atom is 2.00 e. The van der Waals surface area contributed by atoms with Gasteiger partial charge in [0, 0.05) is 23.1 Å². The van der Waals surface area contributed by atoms with Crippen molar-refractivity contribution in [2.45, 2.75) is 555 Å². The molecular weight excluding hydrogens is 1410 g/mol. The van der Waals surface area contributed by atoms with E-state index in [1.165, 1.54) is 477 Å². The van der Waals surface area contributed by atoms with Gasteiger partial charge in [0.15, 0.2) is 0 Å². The van der Waals surface area contributed by atoms with Crippen molar-refractivity contribution in [1.29, 1.82) is 0 Å². The monoisotopic (exact) mass is 1600 g/mol. The van der Waals surface area contributed by atoms with Crippen molar-refractivity contribution in [2.75, 3.05) is 0 Å². The molecule has 0 radical (unpaired) electrons. The molecule has 0 aromatic heterocycles. The molecule has 0 aliphatic carbocycles. The SMILES string of the molecule is CCCCCCCCCCCCCCCCCC#CC1=C(c2ccc(CCCC)cc2)[N+](=[N-])C(c2ccc(CCCCC)cc2)=C1CCCC.[CH2-]CCCCCCCCCCCCCCCCCCCCCCCCCCCC.[CH2-]CCCCCCCCCCCCCCCCCCCCCCCCCCCC.[Pd+2]. The van der Waals surface area contributed by atoms with Crippen LogP contribution in [0.4, 0.5) is 0 Å². The minimum absolute atomic E-state index is 0. The molecule has 0 saturated heterocycles. The molecule has 0 spiro atoms. The van der Waals surface area contributed by atoms with E-state index in [-0.39, 0.29) is 20.4 Å². The van der Waals surface area contributed by atoms with E-state index >= 15 is 0 Å². The van der Waals surface area contributed by atoms with E-state index < -0.39 is 0 Å². The Kier molecular flexibility index (Phi) is 86.3. The summed E-state index contributed by atoms with van der Waals surface area (Å²) in [6.45, 7) is 21.5. The fraction of sp³-hybridized carbons (Fsp3) is 0.811. The fourth-order valence-electron chi connectivity index (χ4n) is 16.2. The summed E-state index contributed by atoms with van der Waals surface area (Å²) in [6, 6.07) is 17.8. The minimum Gasteiger partial charge on any atom is -0.493 e. The van der Waals surface area contributed by atoms with Gasteiger partial charge in [0.25, 0.3) is 0 Å². The molecule has 634 valence electrons. The van der Waals surface area contributed by atoms with Crippen LogP contribution in [0.15, 0.2) is 59.7 Å². The number of hydrogen-bond donors (Lipinski definition) is 0. The molecule has 0 bridgehead atoms. The second kappa shape index (κ2) is 88.1. The predicted molar refractivity (Wildman–Crippen MR) is 490 cm³/mol. The average Bonchev–Trinajstić information content (AvgIpc) is 1.61. The smallest absolute Gasteiger partial charge is 0.493 e. The molecule has 0 amide bonds. The molecule has 2 nitrogen and oxygen atoms in total. The summed E-state index contributed by atoms with van der Waals surface area (Å²) in [5, 5.41) is 0. The van der Waals surface area contributed by atoms with Gasteiger partial charge in [-0.25, -0.2) is 4.70 Å². The van der Waals surface area contributed by atoms with Crippen LogP contribution in [0.25, 0.3) is 16.9 Å². The number of allylic oxidation sites excluding steroid dienone is 2. The van der Waals surface area contributed by atoms with Gasteiger partial charge in [0.05, 0.1) is 0 Å². The number of nitrogens with zero attached hydrogens (tertiary/aromatic N) is 2. The van der Waals surface area contributed by atoms with Crippen LogP contribution in [0.1, 0.15) is 565 Å². The summed E-state index contributed by atoms with van der Waals surface area (Å²) in [7, 11) is 0. The van der Waals surface area contributed by atoms with Crippen molar-refractivity contribution < 1.29 is 25.1 Å². The first-order chi connectivity index (χ1) is 53.5. The number of unbranched alkanes of at least 4 members (excludes halogenated alkanes) is 71. The van der Waals surface area contributed by atoms with Crippen molar-refractivity contribution >= 4 is 11.4 Å². The van der Waals surface area contributed by atoms with Crippen molar-refractivity contribution in [3.05, 3.63) is 101 Å². The molecule has 1 heterocycles. The van der Waals surface area contributed by atoms with Crippen LogP contribution in [0.3, 0.4) is 0 Å². The maximum atomic E-state index is 11.9. The van der Waals surface area contributed by atoms with Crippen molar-refractivity contribution in [2.24, 2.45) is 0 Å². The zero-order valence-corrected chi connectivity index (χ0v) is 76.4. The van der Waals surface area contributed by atoms with Gasteiger partial charge in [-0.3, -0.25) is 0 Å². The largest absolute Gasteiger partial charge is 2.00 e. The van der Waals surface area contributed by atoms with Crippen LogP contribution in [0, 0.1) is 25.7 Å². The molecule has 0 fully saturated rings. The quantitative estimate of drug-likeness (QED) is 0.0207. The zero-order valence-electron chi connectivity index (χ0n) is 74.8. The topological polar surface area (TPSA) is 25.3 Å². The van der Waals surface area contributed by atoms with E-state index in [2.05, 4.69) is 116 Å². The number of aryl methyl sites for hydroxylation is 2. The normalized spacial score (nSPS) is 12.0. The Morgan fingerprint density at radius 2 is 0.440 bits per heavy atom. The van der Waals surface area contributed by atoms with E-state index in [1.807, 2.05) is 0 Å². The van der Waals surface area contributed by atoms with Crippen molar-refractivity contribution in [3.63, 3.8) is 0 Å². The van der Waals surface area contributed by atoms with E-state index in [4.69, 9.17) is 0 Å². The van der Waals surface area contributed by atoms with Crippen LogP contribution < -0.4 is 0 Å². The second-order valence-electron chi connectivity index (χ2n) is 34.3. The molecule has 0 saturated carbocycles. The molecule has 3 heteroatoms. The van der Waals surface area contributed by atoms with Crippen molar-refractivity contribution in [3.8, 4) is 11.8 Å². The Hall–Kier alpha value is -2.26. The summed E-state index contributed by atoms with van der Waals surface area (Å²) in [4.78, 5) is 0. The molecule has 0 unspecified atom stereocenters. The first kappa shape index (κ1) is 107. The van der Waals surface area contributed by atoms with Crippen molar-refractivity contribution in [1.82, 2.24) is 0 Å². The van der Waals surface area contributed by atoms with Gasteiger partial charge >= 0.3 is 20.4 Å². The number of rotatable bonds is 79. The fourth-order valence-corrected chi connectivity index (χ4v) is 16.2. The van der Waals surface area contributed by atoms with Gasteiger partial charge in [0.2, 0.25) is 11.4 Å². The molecule has 109 heavy (non-hydrogen) atoms. The Morgan fingerprint density at radius 3 is 0.688 bits per heavy atom. The molecule has 1 aliphatic rings. The third-order valence-corrected chi connectivity index (χ3v) is 23.7. The standard InChI is InChI=1S/C48H72N2.2C29H59.Pd/c1-5-9-13-14-15-16-17-18-19-20-21-22-23-24-25-26-28-32-46-45(31-12-8-4)47(43-39-35-42(36-40-43)30-27-10-6-2)50(49)48(46)44-37-33-41(34-38-44)29-11-7-3;2*1-3-5-7-9-11-13-15-17-19-21-23-25-27-29-28-26-24-22-20-18-16-14-12-10-8-6-4-2;/h33-40H,5-27,29-31H2,1-4H3;2*1,3-29H2,2H3;/q;2*-1;+2. The maximum absolute atomic E-state index is 11.9. The first-order valence-electron chi connectivity index (χ1n) is 49.7. The summed E-state index contributed by atoms with van der Waals surface area (Å²) >= 11 is 0. The van der Waals surface area contributed by atoms with E-state index in [1.54, 1.807) is 0 Å². The van der Waals surface area contributed by atoms with Gasteiger partial charge in [-0.1, -0.05) is 527 Å². The third-order valence-electron chi connectivity index (χ3n) is 23.7. The molecule has 2 aromatic carbocycles. The summed E-state index contributed by atoms with van der Waals surface area (Å²) in [6.07, 6.45) is 112. The summed E-state index contributed by atoms with van der Waals surface area (Å²) in [5.41, 5.74) is 20.8. The summed E-state index contributed by atoms with van der Waals surface area (Å²) < 4.78 is 1.47. The molecule has 3 rings (SSSR count). The van der Waals surface area contributed by atoms with Crippen LogP contribution in [0.5, 0.6) is 0 Å². The van der Waals surface area contributed by atoms with E-state index in [9.17, 15) is 5.53 Å². The zero-order chi connectivity index (χ0) is 77.8. The van der Waals surface area contributed by atoms with Gasteiger partial charge < -0.3 is 19.4 Å². The second-order valence-corrected chi connectivity index (χ2v) is 34.3. The van der Waals surface area contributed by atoms with Crippen LogP contribution in [0.2, 0.25) is 0 Å². The minimum atomic E-state index is 0. The molecule has 0 atom stereocenters. The number of benzene rings is 2. The Bertz CT molecular complexity index is 2170. The van der Waals surface area contributed by atoms with Crippen LogP contribution in [-0.2, 0) is 33.3 Å². The van der Waals surface area contributed by atoms with Crippen LogP contribution in [-0.4, -0.2) is 4.70 Å². The molecule has 2 aromatic rings. The average molecular weight is 1600 g/mol. The van der Waals surface area contributed by atoms with E-state index in [0.29, 0.717) is 0 Å². The third kappa shape index (κ3) is 67.6. The first-order valence-corrected chi connectivity index (χ1v) is 49.7. The molecular formula is C106H190N2Pd.